The van der Waals surface area contributed by atoms with Gasteiger partial charge in [0, 0.05) is 18.5 Å². The molecule has 2 N–H and O–H groups in total. The van der Waals surface area contributed by atoms with Crippen molar-refractivity contribution in [2.75, 3.05) is 6.54 Å². The molecule has 0 aliphatic carbocycles. The first-order chi connectivity index (χ1) is 9.83. The van der Waals surface area contributed by atoms with Crippen LogP contribution in [0.25, 0.3) is 0 Å². The van der Waals surface area contributed by atoms with Crippen LogP contribution in [-0.4, -0.2) is 31.8 Å². The van der Waals surface area contributed by atoms with Crippen LogP contribution in [0.5, 0.6) is 0 Å². The zero-order chi connectivity index (χ0) is 15.9. The number of ketones is 1. The number of aliphatic carboxylic acids is 1. The van der Waals surface area contributed by atoms with E-state index in [4.69, 9.17) is 5.11 Å². The number of carboxylic acid groups (broad SMARTS) is 1. The van der Waals surface area contributed by atoms with Crippen LogP contribution >= 0.6 is 0 Å². The number of Topliss-reactive ketones (excluding diaryl/α,β-unsaturated/α-hetero) is 1. The van der Waals surface area contributed by atoms with E-state index in [1.165, 1.54) is 31.2 Å². The second kappa shape index (κ2) is 7.90. The Morgan fingerprint density at radius 3 is 2.24 bits per heavy atom. The Labute approximate surface area is 124 Å². The van der Waals surface area contributed by atoms with Crippen molar-refractivity contribution in [1.29, 1.82) is 0 Å². The Kier molecular flexibility index (Phi) is 6.51. The molecule has 0 amide bonds. The molecule has 0 aliphatic heterocycles. The fourth-order valence-corrected chi connectivity index (χ4v) is 2.81. The van der Waals surface area contributed by atoms with E-state index in [2.05, 4.69) is 4.72 Å². The lowest BCUT2D eigenvalue weighted by atomic mass is 10.2. The van der Waals surface area contributed by atoms with Gasteiger partial charge in [-0.2, -0.15) is 0 Å². The van der Waals surface area contributed by atoms with Gasteiger partial charge in [-0.05, 0) is 31.9 Å². The minimum atomic E-state index is -3.58. The Balaban J connectivity index is 2.46. The maximum absolute atomic E-state index is 12.0. The predicted octanol–water partition coefficient (Wildman–Crippen LogP) is 1.81. The van der Waals surface area contributed by atoms with Crippen molar-refractivity contribution in [1.82, 2.24) is 4.72 Å². The third-order valence-corrected chi connectivity index (χ3v) is 4.41. The van der Waals surface area contributed by atoms with Gasteiger partial charge < -0.3 is 5.11 Å². The molecule has 0 aromatic heterocycles. The first kappa shape index (κ1) is 17.3. The number of unbranched alkanes of at least 4 members (excludes halogenated alkanes) is 2. The standard InChI is InChI=1S/C14H19NO5S/c1-11(16)12-6-8-13(9-7-12)21(19,20)15-10-4-2-3-5-14(17)18/h6-9,15H,2-5,10H2,1H3,(H,17,18). The quantitative estimate of drug-likeness (QED) is 0.535. The van der Waals surface area contributed by atoms with Crippen molar-refractivity contribution in [3.8, 4) is 0 Å². The summed E-state index contributed by atoms with van der Waals surface area (Å²) >= 11 is 0. The van der Waals surface area contributed by atoms with Crippen LogP contribution < -0.4 is 4.72 Å². The zero-order valence-electron chi connectivity index (χ0n) is 11.8. The molecule has 1 rings (SSSR count). The highest BCUT2D eigenvalue weighted by atomic mass is 32.2. The molecular formula is C14H19NO5S. The molecule has 7 heteroatoms. The van der Waals surface area contributed by atoms with Crippen LogP contribution in [0.3, 0.4) is 0 Å². The normalized spacial score (nSPS) is 11.3. The van der Waals surface area contributed by atoms with E-state index in [9.17, 15) is 18.0 Å². The molecule has 0 spiro atoms. The van der Waals surface area contributed by atoms with Crippen LogP contribution in [0.2, 0.25) is 0 Å². The molecule has 6 nitrogen and oxygen atoms in total. The van der Waals surface area contributed by atoms with Crippen molar-refractivity contribution < 1.29 is 23.1 Å². The lowest BCUT2D eigenvalue weighted by molar-refractivity contribution is -0.137. The summed E-state index contributed by atoms with van der Waals surface area (Å²) in [4.78, 5) is 21.5. The van der Waals surface area contributed by atoms with Gasteiger partial charge in [0.15, 0.2) is 5.78 Å². The van der Waals surface area contributed by atoms with E-state index in [1.807, 2.05) is 0 Å². The Hall–Kier alpha value is -1.73. The number of benzene rings is 1. The van der Waals surface area contributed by atoms with Gasteiger partial charge in [-0.15, -0.1) is 0 Å². The van der Waals surface area contributed by atoms with E-state index in [0.29, 0.717) is 24.8 Å². The van der Waals surface area contributed by atoms with Crippen LogP contribution in [-0.2, 0) is 14.8 Å². The number of hydrogen-bond donors (Lipinski definition) is 2. The molecule has 21 heavy (non-hydrogen) atoms. The van der Waals surface area contributed by atoms with E-state index < -0.39 is 16.0 Å². The number of nitrogens with one attached hydrogen (secondary N) is 1. The molecule has 1 aromatic carbocycles. The second-order valence-corrected chi connectivity index (χ2v) is 6.45. The van der Waals surface area contributed by atoms with Crippen LogP contribution in [0.15, 0.2) is 29.2 Å². The van der Waals surface area contributed by atoms with Crippen LogP contribution in [0, 0.1) is 0 Å². The second-order valence-electron chi connectivity index (χ2n) is 4.68. The third kappa shape index (κ3) is 6.05. The first-order valence-corrected chi connectivity index (χ1v) is 8.14. The summed E-state index contributed by atoms with van der Waals surface area (Å²) in [5, 5.41) is 8.47. The maximum Gasteiger partial charge on any atom is 0.303 e. The van der Waals surface area contributed by atoms with Gasteiger partial charge in [-0.3, -0.25) is 9.59 Å². The molecule has 0 radical (unpaired) electrons. The molecule has 0 atom stereocenters. The largest absolute Gasteiger partial charge is 0.481 e. The molecule has 0 saturated heterocycles. The van der Waals surface area contributed by atoms with Gasteiger partial charge >= 0.3 is 5.97 Å². The van der Waals surface area contributed by atoms with E-state index in [1.54, 1.807) is 0 Å². The summed E-state index contributed by atoms with van der Waals surface area (Å²) in [6, 6.07) is 5.74. The number of hydrogen-bond acceptors (Lipinski definition) is 4. The van der Waals surface area contributed by atoms with E-state index >= 15 is 0 Å². The summed E-state index contributed by atoms with van der Waals surface area (Å²) in [5.74, 6) is -0.966. The molecule has 0 saturated carbocycles. The van der Waals surface area contributed by atoms with Crippen molar-refractivity contribution in [3.05, 3.63) is 29.8 Å². The molecule has 0 heterocycles. The minimum Gasteiger partial charge on any atom is -0.481 e. The SMILES string of the molecule is CC(=O)c1ccc(S(=O)(=O)NCCCCCC(=O)O)cc1. The highest BCUT2D eigenvalue weighted by molar-refractivity contribution is 7.89. The lowest BCUT2D eigenvalue weighted by Gasteiger charge is -2.07. The zero-order valence-corrected chi connectivity index (χ0v) is 12.6. The maximum atomic E-state index is 12.0. The van der Waals surface area contributed by atoms with Gasteiger partial charge in [0.2, 0.25) is 10.0 Å². The van der Waals surface area contributed by atoms with Gasteiger partial charge in [0.25, 0.3) is 0 Å². The van der Waals surface area contributed by atoms with Crippen LogP contribution in [0.1, 0.15) is 43.0 Å². The van der Waals surface area contributed by atoms with Crippen LogP contribution in [0.4, 0.5) is 0 Å². The van der Waals surface area contributed by atoms with E-state index in [-0.39, 0.29) is 23.6 Å². The van der Waals surface area contributed by atoms with Gasteiger partial charge in [0.1, 0.15) is 0 Å². The van der Waals surface area contributed by atoms with Crippen molar-refractivity contribution in [2.45, 2.75) is 37.5 Å². The molecular weight excluding hydrogens is 294 g/mol. The molecule has 0 unspecified atom stereocenters. The summed E-state index contributed by atoms with van der Waals surface area (Å²) in [6.07, 6.45) is 1.86. The van der Waals surface area contributed by atoms with Crippen molar-refractivity contribution >= 4 is 21.8 Å². The predicted molar refractivity (Wildman–Crippen MR) is 77.7 cm³/mol. The molecule has 1 aromatic rings. The number of carboxylic acids is 1. The molecule has 0 aliphatic rings. The van der Waals surface area contributed by atoms with Gasteiger partial charge in [-0.1, -0.05) is 18.6 Å². The number of carbonyl (C=O) groups excluding carboxylic acids is 1. The van der Waals surface area contributed by atoms with Crippen molar-refractivity contribution in [3.63, 3.8) is 0 Å². The molecule has 0 bridgehead atoms. The van der Waals surface area contributed by atoms with Gasteiger partial charge in [-0.25, -0.2) is 13.1 Å². The van der Waals surface area contributed by atoms with Gasteiger partial charge in [0.05, 0.1) is 4.90 Å². The summed E-state index contributed by atoms with van der Waals surface area (Å²) in [6.45, 7) is 1.68. The Bertz CT molecular complexity index is 592. The molecule has 116 valence electrons. The smallest absolute Gasteiger partial charge is 0.303 e. The number of carbonyl (C=O) groups is 2. The Morgan fingerprint density at radius 1 is 1.10 bits per heavy atom. The summed E-state index contributed by atoms with van der Waals surface area (Å²) < 4.78 is 26.4. The number of rotatable bonds is 9. The summed E-state index contributed by atoms with van der Waals surface area (Å²) in [5.41, 5.74) is 0.461. The topological polar surface area (TPSA) is 101 Å². The van der Waals surface area contributed by atoms with E-state index in [0.717, 1.165) is 0 Å². The third-order valence-electron chi connectivity index (χ3n) is 2.93. The van der Waals surface area contributed by atoms with Crippen molar-refractivity contribution in [2.24, 2.45) is 0 Å². The summed E-state index contributed by atoms with van der Waals surface area (Å²) in [7, 11) is -3.58. The highest BCUT2D eigenvalue weighted by Crippen LogP contribution is 2.11. The number of sulfonamides is 1. The minimum absolute atomic E-state index is 0.0965. The highest BCUT2D eigenvalue weighted by Gasteiger charge is 2.13. The average Bonchev–Trinajstić information content (AvgIpc) is 2.42. The first-order valence-electron chi connectivity index (χ1n) is 6.65. The fraction of sp³-hybridized carbons (Fsp3) is 0.429. The monoisotopic (exact) mass is 313 g/mol. The Morgan fingerprint density at radius 2 is 1.71 bits per heavy atom. The average molecular weight is 313 g/mol. The fourth-order valence-electron chi connectivity index (χ4n) is 1.74. The lowest BCUT2D eigenvalue weighted by Crippen LogP contribution is -2.24. The molecule has 0 fully saturated rings.